The molecule has 1 aliphatic rings. The minimum absolute atomic E-state index is 0.287. The molecule has 2 aromatic rings. The van der Waals surface area contributed by atoms with Gasteiger partial charge < -0.3 is 9.47 Å². The zero-order valence-electron chi connectivity index (χ0n) is 14.5. The summed E-state index contributed by atoms with van der Waals surface area (Å²) in [5.41, 5.74) is 4.47. The molecular formula is C21H23NO2S. The van der Waals surface area contributed by atoms with Crippen LogP contribution in [0.3, 0.4) is 0 Å². The molecule has 0 amide bonds. The highest BCUT2D eigenvalue weighted by Crippen LogP contribution is 2.30. The molecule has 0 bridgehead atoms. The Balaban J connectivity index is 1.56. The highest BCUT2D eigenvalue weighted by molar-refractivity contribution is 7.78. The van der Waals surface area contributed by atoms with Crippen LogP contribution in [0.1, 0.15) is 48.7 Å². The molecular weight excluding hydrogens is 330 g/mol. The molecule has 130 valence electrons. The van der Waals surface area contributed by atoms with E-state index in [1.54, 1.807) is 0 Å². The number of aryl methyl sites for hydroxylation is 1. The van der Waals surface area contributed by atoms with E-state index in [0.29, 0.717) is 13.2 Å². The van der Waals surface area contributed by atoms with Crippen molar-refractivity contribution in [3.63, 3.8) is 0 Å². The molecule has 0 aliphatic carbocycles. The molecule has 0 unspecified atom stereocenters. The van der Waals surface area contributed by atoms with Crippen molar-refractivity contribution < 1.29 is 9.47 Å². The topological polar surface area (TPSA) is 30.8 Å². The first kappa shape index (κ1) is 18.0. The molecule has 1 heterocycles. The van der Waals surface area contributed by atoms with E-state index >= 15 is 0 Å². The number of ether oxygens (including phenoxy) is 2. The molecule has 1 saturated heterocycles. The van der Waals surface area contributed by atoms with Crippen molar-refractivity contribution in [1.29, 1.82) is 0 Å². The highest BCUT2D eigenvalue weighted by atomic mass is 32.1. The Bertz CT molecular complexity index is 713. The van der Waals surface area contributed by atoms with E-state index in [0.717, 1.165) is 17.7 Å². The lowest BCUT2D eigenvalue weighted by atomic mass is 9.97. The fraction of sp³-hybridized carbons (Fsp3) is 0.381. The van der Waals surface area contributed by atoms with E-state index < -0.39 is 0 Å². The van der Waals surface area contributed by atoms with Crippen molar-refractivity contribution in [3.8, 4) is 0 Å². The van der Waals surface area contributed by atoms with Crippen molar-refractivity contribution in [1.82, 2.24) is 0 Å². The summed E-state index contributed by atoms with van der Waals surface area (Å²) in [6.45, 7) is 3.55. The molecule has 0 saturated carbocycles. The van der Waals surface area contributed by atoms with Gasteiger partial charge in [0.05, 0.1) is 24.1 Å². The maximum absolute atomic E-state index is 5.94. The zero-order valence-corrected chi connectivity index (χ0v) is 15.3. The summed E-state index contributed by atoms with van der Waals surface area (Å²) in [6, 6.07) is 16.6. The monoisotopic (exact) mass is 353 g/mol. The Kier molecular flexibility index (Phi) is 6.48. The first-order valence-corrected chi connectivity index (χ1v) is 9.21. The number of isothiocyanates is 1. The lowest BCUT2D eigenvalue weighted by Crippen LogP contribution is -2.25. The van der Waals surface area contributed by atoms with Gasteiger partial charge in [0.2, 0.25) is 0 Å². The van der Waals surface area contributed by atoms with Gasteiger partial charge in [-0.15, -0.1) is 0 Å². The van der Waals surface area contributed by atoms with Gasteiger partial charge in [0.25, 0.3) is 0 Å². The average Bonchev–Trinajstić information content (AvgIpc) is 2.68. The minimum atomic E-state index is -0.314. The lowest BCUT2D eigenvalue weighted by Gasteiger charge is -2.30. The summed E-state index contributed by atoms with van der Waals surface area (Å²) >= 11 is 4.61. The largest absolute Gasteiger partial charge is 0.348 e. The van der Waals surface area contributed by atoms with E-state index in [9.17, 15) is 0 Å². The molecule has 3 nitrogen and oxygen atoms in total. The number of aliphatic imine (C=N–C) groups is 1. The van der Waals surface area contributed by atoms with E-state index in [2.05, 4.69) is 53.6 Å². The van der Waals surface area contributed by atoms with Crippen molar-refractivity contribution in [2.45, 2.75) is 38.4 Å². The number of nitrogens with zero attached hydrogens (tertiary/aromatic N) is 1. The predicted molar refractivity (Wildman–Crippen MR) is 104 cm³/mol. The summed E-state index contributed by atoms with van der Waals surface area (Å²) in [5.74, 6) is 0.287. The van der Waals surface area contributed by atoms with Crippen LogP contribution in [-0.2, 0) is 15.9 Å². The van der Waals surface area contributed by atoms with Gasteiger partial charge in [0.1, 0.15) is 0 Å². The van der Waals surface area contributed by atoms with Crippen LogP contribution in [0.25, 0.3) is 0 Å². The van der Waals surface area contributed by atoms with Crippen molar-refractivity contribution in [3.05, 3.63) is 65.2 Å². The number of hydrogen-bond acceptors (Lipinski definition) is 4. The third kappa shape index (κ3) is 4.83. The Labute approximate surface area is 154 Å². The molecule has 1 fully saturated rings. The summed E-state index contributed by atoms with van der Waals surface area (Å²) in [7, 11) is 0. The van der Waals surface area contributed by atoms with Gasteiger partial charge in [0, 0.05) is 11.5 Å². The predicted octanol–water partition coefficient (Wildman–Crippen LogP) is 5.59. The highest BCUT2D eigenvalue weighted by Gasteiger charge is 2.24. The summed E-state index contributed by atoms with van der Waals surface area (Å²) < 4.78 is 11.9. The van der Waals surface area contributed by atoms with E-state index in [-0.39, 0.29) is 12.2 Å². The second-order valence-electron chi connectivity index (χ2n) is 6.34. The second-order valence-corrected chi connectivity index (χ2v) is 6.52. The molecule has 0 spiro atoms. The van der Waals surface area contributed by atoms with E-state index in [1.165, 1.54) is 24.0 Å². The third-order valence-electron chi connectivity index (χ3n) is 4.51. The van der Waals surface area contributed by atoms with E-state index in [1.807, 2.05) is 24.3 Å². The van der Waals surface area contributed by atoms with Gasteiger partial charge in [-0.3, -0.25) is 0 Å². The maximum atomic E-state index is 5.94. The fourth-order valence-electron chi connectivity index (χ4n) is 2.98. The second kappa shape index (κ2) is 9.02. The van der Waals surface area contributed by atoms with Crippen LogP contribution < -0.4 is 0 Å². The quantitative estimate of drug-likeness (QED) is 0.501. The molecule has 2 aromatic carbocycles. The summed E-state index contributed by atoms with van der Waals surface area (Å²) in [6.07, 6.45) is 3.31. The molecule has 0 aromatic heterocycles. The van der Waals surface area contributed by atoms with Crippen LogP contribution in [0.2, 0.25) is 0 Å². The Hall–Kier alpha value is -1.84. The third-order valence-corrected chi connectivity index (χ3v) is 4.60. The van der Waals surface area contributed by atoms with Crippen molar-refractivity contribution in [2.24, 2.45) is 4.99 Å². The van der Waals surface area contributed by atoms with Crippen LogP contribution in [0.5, 0.6) is 0 Å². The molecule has 0 atom stereocenters. The molecule has 0 N–H and O–H groups in total. The van der Waals surface area contributed by atoms with Gasteiger partial charge in [-0.05, 0) is 48.3 Å². The summed E-state index contributed by atoms with van der Waals surface area (Å²) in [4.78, 5) is 3.95. The standard InChI is InChI=1S/C21H23NO2S/c1-2-3-4-16-5-7-17(8-6-16)19-13-23-21(24-14-19)18-9-11-20(12-10-18)22-15-25/h5-12,19,21H,2-4,13-14H2,1H3. The molecule has 4 heteroatoms. The van der Waals surface area contributed by atoms with Gasteiger partial charge in [-0.1, -0.05) is 49.7 Å². The van der Waals surface area contributed by atoms with Crippen LogP contribution in [0.4, 0.5) is 5.69 Å². The van der Waals surface area contributed by atoms with Gasteiger partial charge in [-0.25, -0.2) is 0 Å². The van der Waals surface area contributed by atoms with Crippen molar-refractivity contribution in [2.75, 3.05) is 13.2 Å². The number of benzene rings is 2. The molecule has 3 rings (SSSR count). The first-order valence-electron chi connectivity index (χ1n) is 8.80. The Morgan fingerprint density at radius 1 is 1.00 bits per heavy atom. The first-order chi connectivity index (χ1) is 12.3. The number of thiocarbonyl (C=S) groups is 1. The number of unbranched alkanes of at least 4 members (excludes halogenated alkanes) is 1. The SMILES string of the molecule is CCCCc1ccc(C2COC(c3ccc(N=C=S)cc3)OC2)cc1. The minimum Gasteiger partial charge on any atom is -0.348 e. The van der Waals surface area contributed by atoms with Gasteiger partial charge >= 0.3 is 0 Å². The molecule has 1 aliphatic heterocycles. The van der Waals surface area contributed by atoms with Crippen LogP contribution >= 0.6 is 12.2 Å². The maximum Gasteiger partial charge on any atom is 0.183 e. The summed E-state index contributed by atoms with van der Waals surface area (Å²) in [5, 5.41) is 2.37. The van der Waals surface area contributed by atoms with Gasteiger partial charge in [-0.2, -0.15) is 4.99 Å². The zero-order chi connectivity index (χ0) is 17.5. The van der Waals surface area contributed by atoms with Crippen LogP contribution in [0.15, 0.2) is 53.5 Å². The van der Waals surface area contributed by atoms with Crippen molar-refractivity contribution >= 4 is 23.1 Å². The average molecular weight is 353 g/mol. The van der Waals surface area contributed by atoms with E-state index in [4.69, 9.17) is 9.47 Å². The number of hydrogen-bond donors (Lipinski definition) is 0. The van der Waals surface area contributed by atoms with Gasteiger partial charge in [0.15, 0.2) is 6.29 Å². The molecule has 25 heavy (non-hydrogen) atoms. The Morgan fingerprint density at radius 2 is 1.64 bits per heavy atom. The van der Waals surface area contributed by atoms with Crippen LogP contribution in [-0.4, -0.2) is 18.4 Å². The number of rotatable bonds is 6. The molecule has 0 radical (unpaired) electrons. The van der Waals surface area contributed by atoms with Crippen LogP contribution in [0, 0.1) is 0 Å². The smallest absolute Gasteiger partial charge is 0.183 e. The normalized spacial score (nSPS) is 20.0. The fourth-order valence-corrected chi connectivity index (χ4v) is 3.09. The Morgan fingerprint density at radius 3 is 2.24 bits per heavy atom. The lowest BCUT2D eigenvalue weighted by molar-refractivity contribution is -0.191.